The lowest BCUT2D eigenvalue weighted by Crippen LogP contribution is -2.43. The molecule has 5 aromatic carbocycles. The fourth-order valence-electron chi connectivity index (χ4n) is 7.90. The predicted molar refractivity (Wildman–Crippen MR) is 167 cm³/mol. The van der Waals surface area contributed by atoms with Crippen molar-refractivity contribution in [3.8, 4) is 0 Å². The van der Waals surface area contributed by atoms with Crippen LogP contribution in [0, 0.1) is 18.8 Å². The number of aromatic nitrogens is 2. The summed E-state index contributed by atoms with van der Waals surface area (Å²) in [5, 5.41) is 7.76. The molecule has 1 aliphatic heterocycles. The molecule has 4 atom stereocenters. The van der Waals surface area contributed by atoms with Crippen LogP contribution >= 0.6 is 0 Å². The van der Waals surface area contributed by atoms with Gasteiger partial charge in [0, 0.05) is 49.0 Å². The number of aldehydes is 1. The van der Waals surface area contributed by atoms with E-state index in [-0.39, 0.29) is 11.8 Å². The van der Waals surface area contributed by atoms with Crippen LogP contribution in [-0.2, 0) is 17.9 Å². The summed E-state index contributed by atoms with van der Waals surface area (Å²) in [7, 11) is 0. The summed E-state index contributed by atoms with van der Waals surface area (Å²) >= 11 is 0. The Balaban J connectivity index is 1.16. The van der Waals surface area contributed by atoms with Crippen molar-refractivity contribution in [3.05, 3.63) is 120 Å². The highest BCUT2D eigenvalue weighted by Gasteiger charge is 2.48. The van der Waals surface area contributed by atoms with Crippen LogP contribution in [0.25, 0.3) is 32.3 Å². The van der Waals surface area contributed by atoms with Gasteiger partial charge in [0.2, 0.25) is 0 Å². The summed E-state index contributed by atoms with van der Waals surface area (Å²) in [5.41, 5.74) is 3.93. The second-order valence-electron chi connectivity index (χ2n) is 12.0. The third-order valence-corrected chi connectivity index (χ3v) is 9.89. The Bertz CT molecular complexity index is 1940. The summed E-state index contributed by atoms with van der Waals surface area (Å²) in [6.45, 7) is 3.74. The monoisotopic (exact) mass is 535 g/mol. The fourth-order valence-corrected chi connectivity index (χ4v) is 7.90. The van der Waals surface area contributed by atoms with Gasteiger partial charge in [-0.3, -0.25) is 0 Å². The SMILES string of the molecule is Cc1nccn1CC1CCC2C(c3ccccc3N2Cc2ccc3ccc4c5ccccc5ccc4c3c2)C1C=O. The average molecular weight is 536 g/mol. The highest BCUT2D eigenvalue weighted by atomic mass is 16.1. The van der Waals surface area contributed by atoms with E-state index in [9.17, 15) is 4.79 Å². The molecule has 2 heterocycles. The van der Waals surface area contributed by atoms with Crippen molar-refractivity contribution in [1.29, 1.82) is 0 Å². The molecule has 0 spiro atoms. The second kappa shape index (κ2) is 9.59. The molecule has 41 heavy (non-hydrogen) atoms. The van der Waals surface area contributed by atoms with Gasteiger partial charge < -0.3 is 14.3 Å². The van der Waals surface area contributed by atoms with Gasteiger partial charge in [-0.15, -0.1) is 0 Å². The predicted octanol–water partition coefficient (Wildman–Crippen LogP) is 8.05. The number of nitrogens with zero attached hydrogens (tertiary/aromatic N) is 3. The number of carbonyl (C=O) groups is 1. The van der Waals surface area contributed by atoms with Crippen molar-refractivity contribution < 1.29 is 4.79 Å². The third kappa shape index (κ3) is 3.88. The van der Waals surface area contributed by atoms with Gasteiger partial charge >= 0.3 is 0 Å². The Morgan fingerprint density at radius 2 is 1.59 bits per heavy atom. The van der Waals surface area contributed by atoms with Gasteiger partial charge in [-0.05, 0) is 81.3 Å². The Labute approximate surface area is 240 Å². The number of benzene rings is 5. The number of anilines is 1. The van der Waals surface area contributed by atoms with Gasteiger partial charge in [0.15, 0.2) is 0 Å². The average Bonchev–Trinajstić information content (AvgIpc) is 3.57. The molecule has 1 saturated carbocycles. The van der Waals surface area contributed by atoms with Crippen LogP contribution in [0.4, 0.5) is 5.69 Å². The van der Waals surface area contributed by atoms with E-state index in [0.29, 0.717) is 12.0 Å². The molecule has 4 unspecified atom stereocenters. The minimum absolute atomic E-state index is 0.00414. The standard InChI is InChI=1S/C37H33N3O/c1-24-38-18-19-39(24)22-28-14-17-36-37(34(28)23-41)32-8-4-5-9-35(32)40(36)21-25-10-11-27-13-15-30-29-7-3-2-6-26(29)12-16-31(30)33(27)20-25/h2-13,15-16,18-20,23,28,34,36-37H,14,17,21-22H2,1H3. The molecule has 1 aliphatic carbocycles. The highest BCUT2D eigenvalue weighted by Crippen LogP contribution is 2.52. The normalized spacial score (nSPS) is 21.8. The summed E-state index contributed by atoms with van der Waals surface area (Å²) in [6.07, 6.45) is 7.29. The number of hydrogen-bond acceptors (Lipinski definition) is 3. The first-order valence-corrected chi connectivity index (χ1v) is 14.8. The number of para-hydroxylation sites is 1. The van der Waals surface area contributed by atoms with E-state index >= 15 is 0 Å². The van der Waals surface area contributed by atoms with Gasteiger partial charge in [-0.25, -0.2) is 4.98 Å². The van der Waals surface area contributed by atoms with Crippen molar-refractivity contribution in [2.45, 2.75) is 44.8 Å². The first-order valence-electron chi connectivity index (χ1n) is 14.8. The van der Waals surface area contributed by atoms with Gasteiger partial charge in [0.05, 0.1) is 0 Å². The number of fused-ring (bicyclic) bond motifs is 8. The number of carbonyl (C=O) groups excluding carboxylic acids is 1. The second-order valence-corrected chi connectivity index (χ2v) is 12.0. The lowest BCUT2D eigenvalue weighted by atomic mass is 9.68. The van der Waals surface area contributed by atoms with Gasteiger partial charge in [-0.2, -0.15) is 0 Å². The number of aryl methyl sites for hydroxylation is 1. The summed E-state index contributed by atoms with van der Waals surface area (Å²) in [5.74, 6) is 1.55. The summed E-state index contributed by atoms with van der Waals surface area (Å²) < 4.78 is 2.21. The lowest BCUT2D eigenvalue weighted by Gasteiger charge is -2.41. The van der Waals surface area contributed by atoms with E-state index in [0.717, 1.165) is 31.8 Å². The molecule has 0 N–H and O–H groups in total. The number of imidazole rings is 1. The fraction of sp³-hybridized carbons (Fsp3) is 0.243. The lowest BCUT2D eigenvalue weighted by molar-refractivity contribution is -0.114. The van der Waals surface area contributed by atoms with Crippen molar-refractivity contribution in [2.24, 2.45) is 11.8 Å². The maximum absolute atomic E-state index is 12.7. The molecule has 0 amide bonds. The number of rotatable bonds is 5. The molecule has 0 radical (unpaired) electrons. The minimum Gasteiger partial charge on any atom is -0.363 e. The zero-order valence-electron chi connectivity index (χ0n) is 23.3. The molecule has 0 saturated heterocycles. The van der Waals surface area contributed by atoms with E-state index in [2.05, 4.69) is 105 Å². The van der Waals surface area contributed by atoms with Crippen molar-refractivity contribution in [1.82, 2.24) is 9.55 Å². The van der Waals surface area contributed by atoms with E-state index in [4.69, 9.17) is 0 Å². The largest absolute Gasteiger partial charge is 0.363 e. The molecule has 0 bridgehead atoms. The third-order valence-electron chi connectivity index (χ3n) is 9.89. The molecular formula is C37H33N3O. The van der Waals surface area contributed by atoms with Gasteiger partial charge in [-0.1, -0.05) is 78.9 Å². The van der Waals surface area contributed by atoms with Crippen LogP contribution in [0.1, 0.15) is 35.7 Å². The quantitative estimate of drug-likeness (QED) is 0.166. The molecule has 202 valence electrons. The molecule has 6 aromatic rings. The van der Waals surface area contributed by atoms with Crippen LogP contribution in [0.15, 0.2) is 103 Å². The topological polar surface area (TPSA) is 38.1 Å². The van der Waals surface area contributed by atoms with Crippen LogP contribution in [0.2, 0.25) is 0 Å². The smallest absolute Gasteiger partial charge is 0.124 e. The van der Waals surface area contributed by atoms with E-state index in [1.807, 2.05) is 19.3 Å². The molecule has 2 aliphatic rings. The van der Waals surface area contributed by atoms with Crippen LogP contribution < -0.4 is 4.90 Å². The highest BCUT2D eigenvalue weighted by molar-refractivity contribution is 6.17. The van der Waals surface area contributed by atoms with Crippen molar-refractivity contribution >= 4 is 44.3 Å². The first-order chi connectivity index (χ1) is 20.2. The zero-order valence-corrected chi connectivity index (χ0v) is 23.3. The molecule has 1 fully saturated rings. The van der Waals surface area contributed by atoms with E-state index < -0.39 is 0 Å². The first kappa shape index (κ1) is 24.4. The van der Waals surface area contributed by atoms with Crippen LogP contribution in [0.5, 0.6) is 0 Å². The van der Waals surface area contributed by atoms with E-state index in [1.54, 1.807) is 0 Å². The molecule has 1 aromatic heterocycles. The molecule has 4 heteroatoms. The number of hydrogen-bond donors (Lipinski definition) is 0. The molecular weight excluding hydrogens is 502 g/mol. The summed E-state index contributed by atoms with van der Waals surface area (Å²) in [6, 6.07) is 33.8. The van der Waals surface area contributed by atoms with Crippen LogP contribution in [-0.4, -0.2) is 21.9 Å². The van der Waals surface area contributed by atoms with E-state index in [1.165, 1.54) is 55.4 Å². The Morgan fingerprint density at radius 3 is 2.41 bits per heavy atom. The van der Waals surface area contributed by atoms with Gasteiger partial charge in [0.1, 0.15) is 12.1 Å². The maximum Gasteiger partial charge on any atom is 0.124 e. The van der Waals surface area contributed by atoms with Crippen molar-refractivity contribution in [2.75, 3.05) is 4.90 Å². The Morgan fingerprint density at radius 1 is 0.829 bits per heavy atom. The molecule has 4 nitrogen and oxygen atoms in total. The van der Waals surface area contributed by atoms with Gasteiger partial charge in [0.25, 0.3) is 0 Å². The molecule has 8 rings (SSSR count). The summed E-state index contributed by atoms with van der Waals surface area (Å²) in [4.78, 5) is 19.7. The maximum atomic E-state index is 12.7. The zero-order chi connectivity index (χ0) is 27.5. The van der Waals surface area contributed by atoms with Crippen molar-refractivity contribution in [3.63, 3.8) is 0 Å². The Hall–Kier alpha value is -4.44. The Kier molecular flexibility index (Phi) is 5.70. The van der Waals surface area contributed by atoms with Crippen LogP contribution in [0.3, 0.4) is 0 Å². The minimum atomic E-state index is -0.00414.